The Hall–Kier alpha value is -2.28. The number of pyridine rings is 1. The fourth-order valence-electron chi connectivity index (χ4n) is 1.92. The van der Waals surface area contributed by atoms with Crippen molar-refractivity contribution in [1.29, 1.82) is 5.26 Å². The number of amides is 1. The zero-order valence-electron chi connectivity index (χ0n) is 12.1. The van der Waals surface area contributed by atoms with Crippen LogP contribution in [0, 0.1) is 11.3 Å². The molecule has 10 heteroatoms. The number of halogens is 3. The Balaban J connectivity index is 2.24. The highest BCUT2D eigenvalue weighted by Crippen LogP contribution is 2.43. The van der Waals surface area contributed by atoms with Gasteiger partial charge in [-0.3, -0.25) is 4.79 Å². The Morgan fingerprint density at radius 3 is 2.62 bits per heavy atom. The van der Waals surface area contributed by atoms with Crippen molar-refractivity contribution < 1.29 is 27.9 Å². The summed E-state index contributed by atoms with van der Waals surface area (Å²) in [7, 11) is 0. The van der Waals surface area contributed by atoms with E-state index in [9.17, 15) is 27.9 Å². The zero-order chi connectivity index (χ0) is 17.9. The second kappa shape index (κ2) is 7.09. The fourth-order valence-corrected chi connectivity index (χ4v) is 2.76. The number of carbonyl (C=O) groups is 2. The van der Waals surface area contributed by atoms with Crippen LogP contribution in [0.5, 0.6) is 0 Å². The molecule has 1 N–H and O–H groups in total. The van der Waals surface area contributed by atoms with Gasteiger partial charge in [-0.1, -0.05) is 11.8 Å². The highest BCUT2D eigenvalue weighted by Gasteiger charge is 2.38. The molecule has 1 amide bonds. The highest BCUT2D eigenvalue weighted by molar-refractivity contribution is 8.00. The van der Waals surface area contributed by atoms with Gasteiger partial charge in [-0.2, -0.15) is 18.4 Å². The molecular weight excluding hydrogens is 347 g/mol. The molecule has 0 saturated heterocycles. The monoisotopic (exact) mass is 358 g/mol. The first-order chi connectivity index (χ1) is 11.2. The van der Waals surface area contributed by atoms with Gasteiger partial charge in [0.05, 0.1) is 29.4 Å². The number of aromatic nitrogens is 1. The van der Waals surface area contributed by atoms with Gasteiger partial charge >= 0.3 is 6.18 Å². The average molecular weight is 358 g/mol. The van der Waals surface area contributed by atoms with Crippen LogP contribution in [0.2, 0.25) is 0 Å². The van der Waals surface area contributed by atoms with Crippen LogP contribution in [0.4, 0.5) is 13.2 Å². The topological polar surface area (TPSA) is 106 Å². The maximum absolute atomic E-state index is 13.1. The normalized spacial score (nSPS) is 14.1. The number of nitriles is 1. The summed E-state index contributed by atoms with van der Waals surface area (Å²) < 4.78 is 39.4. The van der Waals surface area contributed by atoms with Gasteiger partial charge in [0.1, 0.15) is 11.1 Å². The van der Waals surface area contributed by atoms with Crippen molar-refractivity contribution in [2.45, 2.75) is 30.0 Å². The quantitative estimate of drug-likeness (QED) is 0.754. The van der Waals surface area contributed by atoms with Gasteiger partial charge in [0.25, 0.3) is 0 Å². The zero-order valence-corrected chi connectivity index (χ0v) is 13.0. The molecule has 0 unspecified atom stereocenters. The standard InChI is InChI=1S/C14H12F3N3O3S/c15-14(16,17)9-3-10(7-1-2-7)20-13(8(9)4-18)24-6-11(21)19-5-12(22)23/h3,7H,1-2,5-6H2,(H,19,21)(H,22,23)/p-1. The van der Waals surface area contributed by atoms with Crippen molar-refractivity contribution in [3.63, 3.8) is 0 Å². The molecule has 1 heterocycles. The second-order valence-electron chi connectivity index (χ2n) is 5.10. The van der Waals surface area contributed by atoms with E-state index in [2.05, 4.69) is 4.98 Å². The van der Waals surface area contributed by atoms with E-state index in [0.29, 0.717) is 11.8 Å². The summed E-state index contributed by atoms with van der Waals surface area (Å²) in [6.45, 7) is -0.701. The summed E-state index contributed by atoms with van der Waals surface area (Å²) in [4.78, 5) is 25.8. The largest absolute Gasteiger partial charge is 0.548 e. The summed E-state index contributed by atoms with van der Waals surface area (Å²) in [6.07, 6.45) is -3.25. The third-order valence-corrected chi connectivity index (χ3v) is 4.16. The Labute approximate surface area is 139 Å². The molecule has 0 aromatic carbocycles. The lowest BCUT2D eigenvalue weighted by atomic mass is 10.1. The number of hydrogen-bond donors (Lipinski definition) is 1. The average Bonchev–Trinajstić information content (AvgIpc) is 3.33. The summed E-state index contributed by atoms with van der Waals surface area (Å²) in [6, 6.07) is 2.38. The fraction of sp³-hybridized carbons (Fsp3) is 0.429. The minimum atomic E-state index is -4.70. The smallest absolute Gasteiger partial charge is 0.417 e. The second-order valence-corrected chi connectivity index (χ2v) is 6.06. The Bertz CT molecular complexity index is 712. The third-order valence-electron chi connectivity index (χ3n) is 3.19. The highest BCUT2D eigenvalue weighted by atomic mass is 32.2. The summed E-state index contributed by atoms with van der Waals surface area (Å²) in [5, 5.41) is 21.2. The van der Waals surface area contributed by atoms with Gasteiger partial charge in [0.2, 0.25) is 5.91 Å². The molecule has 1 fully saturated rings. The van der Waals surface area contributed by atoms with Crippen LogP contribution in [0.3, 0.4) is 0 Å². The first-order valence-electron chi connectivity index (χ1n) is 6.84. The first kappa shape index (κ1) is 18.1. The van der Waals surface area contributed by atoms with E-state index in [4.69, 9.17) is 5.26 Å². The number of rotatable bonds is 6. The summed E-state index contributed by atoms with van der Waals surface area (Å²) >= 11 is 0.662. The van der Waals surface area contributed by atoms with Crippen LogP contribution >= 0.6 is 11.8 Å². The summed E-state index contributed by atoms with van der Waals surface area (Å²) in [5.41, 5.74) is -1.46. The van der Waals surface area contributed by atoms with Crippen LogP contribution in [0.1, 0.15) is 35.6 Å². The molecule has 1 aliphatic rings. The Morgan fingerprint density at radius 1 is 1.46 bits per heavy atom. The Morgan fingerprint density at radius 2 is 2.12 bits per heavy atom. The van der Waals surface area contributed by atoms with E-state index in [1.807, 2.05) is 5.32 Å². The molecule has 1 aromatic heterocycles. The number of hydrogen-bond acceptors (Lipinski definition) is 6. The molecule has 0 bridgehead atoms. The van der Waals surface area contributed by atoms with E-state index in [-0.39, 0.29) is 22.4 Å². The van der Waals surface area contributed by atoms with Crippen molar-refractivity contribution in [3.8, 4) is 6.07 Å². The Kier molecular flexibility index (Phi) is 5.33. The van der Waals surface area contributed by atoms with Gasteiger partial charge < -0.3 is 15.2 Å². The number of carbonyl (C=O) groups excluding carboxylic acids is 2. The molecule has 6 nitrogen and oxygen atoms in total. The van der Waals surface area contributed by atoms with Crippen LogP contribution in [-0.4, -0.2) is 29.2 Å². The number of carboxylic acids is 1. The molecule has 0 atom stereocenters. The molecule has 2 rings (SSSR count). The van der Waals surface area contributed by atoms with E-state index in [0.717, 1.165) is 18.9 Å². The molecule has 128 valence electrons. The maximum atomic E-state index is 13.1. The lowest BCUT2D eigenvalue weighted by Gasteiger charge is -2.14. The number of nitrogens with zero attached hydrogens (tertiary/aromatic N) is 2. The van der Waals surface area contributed by atoms with Crippen molar-refractivity contribution in [3.05, 3.63) is 22.9 Å². The summed E-state index contributed by atoms with van der Waals surface area (Å²) in [5.74, 6) is -2.62. The van der Waals surface area contributed by atoms with Crippen LogP contribution < -0.4 is 10.4 Å². The van der Waals surface area contributed by atoms with E-state index in [1.165, 1.54) is 6.07 Å². The van der Waals surface area contributed by atoms with Gasteiger partial charge in [-0.15, -0.1) is 0 Å². The molecule has 0 radical (unpaired) electrons. The minimum absolute atomic E-state index is 0.0647. The third kappa shape index (κ3) is 4.61. The molecule has 1 aromatic rings. The van der Waals surface area contributed by atoms with Crippen LogP contribution in [0.15, 0.2) is 11.1 Å². The maximum Gasteiger partial charge on any atom is 0.417 e. The van der Waals surface area contributed by atoms with Crippen LogP contribution in [-0.2, 0) is 15.8 Å². The van der Waals surface area contributed by atoms with Gasteiger partial charge in [0.15, 0.2) is 0 Å². The lowest BCUT2D eigenvalue weighted by Crippen LogP contribution is -2.38. The molecule has 1 saturated carbocycles. The molecule has 24 heavy (non-hydrogen) atoms. The molecule has 1 aliphatic carbocycles. The molecule has 0 aliphatic heterocycles. The number of alkyl halides is 3. The van der Waals surface area contributed by atoms with Gasteiger partial charge in [0, 0.05) is 11.6 Å². The predicted molar refractivity (Wildman–Crippen MR) is 74.7 cm³/mol. The van der Waals surface area contributed by atoms with Crippen LogP contribution in [0.25, 0.3) is 0 Å². The van der Waals surface area contributed by atoms with E-state index >= 15 is 0 Å². The predicted octanol–water partition coefficient (Wildman–Crippen LogP) is 0.808. The van der Waals surface area contributed by atoms with Gasteiger partial charge in [-0.05, 0) is 18.9 Å². The number of nitrogens with one attached hydrogen (secondary N) is 1. The van der Waals surface area contributed by atoms with E-state index in [1.54, 1.807) is 0 Å². The van der Waals surface area contributed by atoms with Gasteiger partial charge in [-0.25, -0.2) is 4.98 Å². The van der Waals surface area contributed by atoms with E-state index < -0.39 is 35.7 Å². The first-order valence-corrected chi connectivity index (χ1v) is 7.82. The molecular formula is C14H11F3N3O3S-. The SMILES string of the molecule is N#Cc1c(C(F)(F)F)cc(C2CC2)nc1SCC(=O)NCC(=O)[O-]. The van der Waals surface area contributed by atoms with Crippen molar-refractivity contribution in [2.24, 2.45) is 0 Å². The number of thioether (sulfide) groups is 1. The van der Waals surface area contributed by atoms with Crippen molar-refractivity contribution in [2.75, 3.05) is 12.3 Å². The number of aliphatic carboxylic acids is 1. The van der Waals surface area contributed by atoms with Crippen molar-refractivity contribution >= 4 is 23.6 Å². The van der Waals surface area contributed by atoms with Crippen molar-refractivity contribution in [1.82, 2.24) is 10.3 Å². The molecule has 0 spiro atoms. The number of carboxylic acid groups (broad SMARTS) is 1. The lowest BCUT2D eigenvalue weighted by molar-refractivity contribution is -0.304. The minimum Gasteiger partial charge on any atom is -0.548 e.